The van der Waals surface area contributed by atoms with Crippen LogP contribution in [0.15, 0.2) is 4.99 Å². The molecule has 2 heterocycles. The van der Waals surface area contributed by atoms with E-state index in [0.29, 0.717) is 12.5 Å². The Morgan fingerprint density at radius 2 is 1.94 bits per heavy atom. The second-order valence-corrected chi connectivity index (χ2v) is 11.0. The van der Waals surface area contributed by atoms with E-state index >= 15 is 0 Å². The highest BCUT2D eigenvalue weighted by molar-refractivity contribution is 7.11. The van der Waals surface area contributed by atoms with Crippen LogP contribution in [-0.2, 0) is 11.3 Å². The summed E-state index contributed by atoms with van der Waals surface area (Å²) in [4.78, 5) is 27.8. The van der Waals surface area contributed by atoms with Crippen molar-refractivity contribution < 1.29 is 9.53 Å². The number of hydrogen-bond donors (Lipinski definition) is 1. The molecule has 1 aromatic heterocycles. The molecule has 0 unspecified atom stereocenters. The third-order valence-electron chi connectivity index (χ3n) is 5.69. The molecule has 1 saturated heterocycles. The maximum atomic E-state index is 12.9. The number of aliphatic imine (C=N–C) groups is 1. The molecule has 174 valence electrons. The van der Waals surface area contributed by atoms with Crippen LogP contribution in [0, 0.1) is 19.8 Å². The molecule has 0 atom stereocenters. The number of nitrogens with zero attached hydrogens (tertiary/aromatic N) is 4. The number of thiazole rings is 1. The van der Waals surface area contributed by atoms with Gasteiger partial charge in [-0.15, -0.1) is 11.3 Å². The van der Waals surface area contributed by atoms with E-state index in [-0.39, 0.29) is 12.1 Å². The highest BCUT2D eigenvalue weighted by atomic mass is 32.1. The van der Waals surface area contributed by atoms with Crippen molar-refractivity contribution in [3.63, 3.8) is 0 Å². The van der Waals surface area contributed by atoms with E-state index < -0.39 is 5.60 Å². The molecule has 1 saturated carbocycles. The fraction of sp³-hybridized carbons (Fsp3) is 0.783. The van der Waals surface area contributed by atoms with Gasteiger partial charge in [0.25, 0.3) is 0 Å². The van der Waals surface area contributed by atoms with Gasteiger partial charge in [-0.05, 0) is 73.1 Å². The maximum Gasteiger partial charge on any atom is 0.410 e. The molecule has 7 nitrogen and oxygen atoms in total. The van der Waals surface area contributed by atoms with Crippen LogP contribution in [0.5, 0.6) is 0 Å². The van der Waals surface area contributed by atoms with Gasteiger partial charge in [0, 0.05) is 37.1 Å². The number of ether oxygens (including phenoxy) is 1. The zero-order valence-corrected chi connectivity index (χ0v) is 20.8. The molecule has 0 aromatic carbocycles. The van der Waals surface area contributed by atoms with Gasteiger partial charge in [0.15, 0.2) is 5.96 Å². The SMILES string of the molecule is CCNC(=NCc1sc(C)nc1C)N1CCC(N(CC2CC2)C(=O)OC(C)(C)C)CC1. The molecule has 0 radical (unpaired) electrons. The van der Waals surface area contributed by atoms with Gasteiger partial charge in [0.05, 0.1) is 17.2 Å². The fourth-order valence-electron chi connectivity index (χ4n) is 3.95. The van der Waals surface area contributed by atoms with E-state index in [1.54, 1.807) is 11.3 Å². The average molecular weight is 450 g/mol. The third-order valence-corrected chi connectivity index (χ3v) is 6.75. The number of rotatable bonds is 6. The average Bonchev–Trinajstić information content (AvgIpc) is 3.45. The molecule has 1 amide bonds. The number of amides is 1. The summed E-state index contributed by atoms with van der Waals surface area (Å²) < 4.78 is 5.73. The lowest BCUT2D eigenvalue weighted by atomic mass is 10.0. The van der Waals surface area contributed by atoms with Crippen LogP contribution in [0.25, 0.3) is 0 Å². The maximum absolute atomic E-state index is 12.9. The monoisotopic (exact) mass is 449 g/mol. The molecule has 31 heavy (non-hydrogen) atoms. The molecule has 1 N–H and O–H groups in total. The Morgan fingerprint density at radius 3 is 2.45 bits per heavy atom. The summed E-state index contributed by atoms with van der Waals surface area (Å²) in [5.41, 5.74) is 0.617. The van der Waals surface area contributed by atoms with Gasteiger partial charge < -0.3 is 19.9 Å². The topological polar surface area (TPSA) is 70.1 Å². The van der Waals surface area contributed by atoms with Gasteiger partial charge in [-0.25, -0.2) is 14.8 Å². The van der Waals surface area contributed by atoms with Crippen LogP contribution in [0.2, 0.25) is 0 Å². The Hall–Kier alpha value is -1.83. The molecule has 8 heteroatoms. The van der Waals surface area contributed by atoms with Crippen LogP contribution in [0.3, 0.4) is 0 Å². The number of carbonyl (C=O) groups is 1. The van der Waals surface area contributed by atoms with Gasteiger partial charge in [-0.1, -0.05) is 0 Å². The van der Waals surface area contributed by atoms with Crippen LogP contribution in [0.1, 0.15) is 69.0 Å². The Balaban J connectivity index is 1.62. The normalized spacial score (nSPS) is 18.3. The van der Waals surface area contributed by atoms with E-state index in [4.69, 9.17) is 9.73 Å². The molecule has 1 aromatic rings. The number of guanidine groups is 1. The van der Waals surface area contributed by atoms with Crippen molar-refractivity contribution in [2.75, 3.05) is 26.2 Å². The molecule has 0 bridgehead atoms. The van der Waals surface area contributed by atoms with Crippen molar-refractivity contribution in [1.29, 1.82) is 0 Å². The summed E-state index contributed by atoms with van der Waals surface area (Å²) in [6, 6.07) is 0.237. The van der Waals surface area contributed by atoms with Gasteiger partial charge in [-0.2, -0.15) is 0 Å². The first kappa shape index (κ1) is 23.8. The van der Waals surface area contributed by atoms with Crippen molar-refractivity contribution >= 4 is 23.4 Å². The quantitative estimate of drug-likeness (QED) is 0.517. The molecule has 1 aliphatic heterocycles. The van der Waals surface area contributed by atoms with Crippen LogP contribution >= 0.6 is 11.3 Å². The van der Waals surface area contributed by atoms with Crippen molar-refractivity contribution in [1.82, 2.24) is 20.1 Å². The first-order valence-electron chi connectivity index (χ1n) is 11.6. The molecule has 2 aliphatic rings. The van der Waals surface area contributed by atoms with Crippen LogP contribution < -0.4 is 5.32 Å². The van der Waals surface area contributed by atoms with E-state index in [9.17, 15) is 4.79 Å². The minimum atomic E-state index is -0.461. The first-order chi connectivity index (χ1) is 14.7. The number of piperidine rings is 1. The summed E-state index contributed by atoms with van der Waals surface area (Å²) in [6.45, 7) is 16.1. The fourth-order valence-corrected chi connectivity index (χ4v) is 4.82. The lowest BCUT2D eigenvalue weighted by molar-refractivity contribution is 0.00928. The number of aryl methyl sites for hydroxylation is 2. The smallest absolute Gasteiger partial charge is 0.410 e. The zero-order chi connectivity index (χ0) is 22.6. The van der Waals surface area contributed by atoms with Crippen molar-refractivity contribution in [3.05, 3.63) is 15.6 Å². The summed E-state index contributed by atoms with van der Waals surface area (Å²) in [7, 11) is 0. The molecular weight excluding hydrogens is 410 g/mol. The standard InChI is InChI=1S/C23H39N5O2S/c1-7-24-21(25-14-20-16(2)26-17(3)31-20)27-12-10-19(11-13-27)28(15-18-8-9-18)22(29)30-23(4,5)6/h18-19H,7-15H2,1-6H3,(H,24,25). The summed E-state index contributed by atoms with van der Waals surface area (Å²) in [5, 5.41) is 4.53. The molecule has 3 rings (SSSR count). The molecule has 0 spiro atoms. The molecular formula is C23H39N5O2S. The Kier molecular flexibility index (Phi) is 7.83. The highest BCUT2D eigenvalue weighted by Gasteiger charge is 2.35. The number of nitrogens with one attached hydrogen (secondary N) is 1. The van der Waals surface area contributed by atoms with E-state index in [1.807, 2.05) is 32.6 Å². The second-order valence-electron chi connectivity index (χ2n) is 9.71. The summed E-state index contributed by atoms with van der Waals surface area (Å²) >= 11 is 1.72. The number of likely N-dealkylation sites (tertiary alicyclic amines) is 1. The number of aromatic nitrogens is 1. The van der Waals surface area contributed by atoms with Gasteiger partial charge in [0.2, 0.25) is 0 Å². The molecule has 2 fully saturated rings. The number of carbonyl (C=O) groups excluding carboxylic acids is 1. The van der Waals surface area contributed by atoms with E-state index in [0.717, 1.165) is 55.7 Å². The van der Waals surface area contributed by atoms with E-state index in [2.05, 4.69) is 29.0 Å². The second kappa shape index (κ2) is 10.2. The van der Waals surface area contributed by atoms with Gasteiger partial charge >= 0.3 is 6.09 Å². The van der Waals surface area contributed by atoms with Crippen molar-refractivity contribution in [2.24, 2.45) is 10.9 Å². The van der Waals surface area contributed by atoms with Crippen molar-refractivity contribution in [2.45, 2.75) is 85.4 Å². The lowest BCUT2D eigenvalue weighted by Gasteiger charge is -2.40. The lowest BCUT2D eigenvalue weighted by Crippen LogP contribution is -2.52. The Morgan fingerprint density at radius 1 is 1.26 bits per heavy atom. The Bertz CT molecular complexity index is 773. The highest BCUT2D eigenvalue weighted by Crippen LogP contribution is 2.32. The summed E-state index contributed by atoms with van der Waals surface area (Å²) in [6.07, 6.45) is 4.18. The van der Waals surface area contributed by atoms with Gasteiger partial charge in [-0.3, -0.25) is 0 Å². The van der Waals surface area contributed by atoms with E-state index in [1.165, 1.54) is 17.7 Å². The van der Waals surface area contributed by atoms with Gasteiger partial charge in [0.1, 0.15) is 5.60 Å². The zero-order valence-electron chi connectivity index (χ0n) is 20.0. The van der Waals surface area contributed by atoms with Crippen LogP contribution in [-0.4, -0.2) is 64.7 Å². The third kappa shape index (κ3) is 7.09. The largest absolute Gasteiger partial charge is 0.444 e. The predicted molar refractivity (Wildman–Crippen MR) is 127 cm³/mol. The predicted octanol–water partition coefficient (Wildman–Crippen LogP) is 4.34. The minimum Gasteiger partial charge on any atom is -0.444 e. The number of hydrogen-bond acceptors (Lipinski definition) is 5. The first-order valence-corrected chi connectivity index (χ1v) is 12.4. The summed E-state index contributed by atoms with van der Waals surface area (Å²) in [5.74, 6) is 1.60. The van der Waals surface area contributed by atoms with Crippen molar-refractivity contribution in [3.8, 4) is 0 Å². The Labute approximate surface area is 191 Å². The molecule has 1 aliphatic carbocycles. The van der Waals surface area contributed by atoms with Crippen LogP contribution in [0.4, 0.5) is 4.79 Å². The minimum absolute atomic E-state index is 0.158.